The van der Waals surface area contributed by atoms with Crippen molar-refractivity contribution in [3.05, 3.63) is 59.3 Å². The first-order valence-electron chi connectivity index (χ1n) is 5.96. The second-order valence-electron chi connectivity index (χ2n) is 4.07. The Hall–Kier alpha value is -2.50. The number of aromatic nitrogens is 1. The highest BCUT2D eigenvalue weighted by Gasteiger charge is 2.12. The minimum absolute atomic E-state index is 0.0910. The van der Waals surface area contributed by atoms with Crippen LogP contribution in [0.15, 0.2) is 36.5 Å². The standard InChI is InChI=1S/C14H13F2N3O/c1-17-13-11(3-2-6-18-13)14(20)19-8-9-7-10(15)4-5-12(9)16/h2-7H,8H2,1H3,(H,17,18)(H,19,20). The highest BCUT2D eigenvalue weighted by Crippen LogP contribution is 2.12. The van der Waals surface area contributed by atoms with Crippen molar-refractivity contribution >= 4 is 11.7 Å². The lowest BCUT2D eigenvalue weighted by Crippen LogP contribution is -2.24. The topological polar surface area (TPSA) is 54.0 Å². The van der Waals surface area contributed by atoms with Crippen LogP contribution in [0.2, 0.25) is 0 Å². The van der Waals surface area contributed by atoms with Crippen molar-refractivity contribution in [2.24, 2.45) is 0 Å². The quantitative estimate of drug-likeness (QED) is 0.902. The molecule has 1 aromatic heterocycles. The number of benzene rings is 1. The number of carbonyl (C=O) groups excluding carboxylic acids is 1. The van der Waals surface area contributed by atoms with E-state index in [0.29, 0.717) is 11.4 Å². The summed E-state index contributed by atoms with van der Waals surface area (Å²) in [6.45, 7) is -0.0968. The second kappa shape index (κ2) is 6.10. The Morgan fingerprint density at radius 3 is 2.85 bits per heavy atom. The Balaban J connectivity index is 2.11. The molecule has 2 aromatic rings. The van der Waals surface area contributed by atoms with E-state index in [1.165, 1.54) is 0 Å². The number of nitrogens with one attached hydrogen (secondary N) is 2. The van der Waals surface area contributed by atoms with Gasteiger partial charge in [-0.05, 0) is 30.3 Å². The number of halogens is 2. The molecule has 0 saturated heterocycles. The lowest BCUT2D eigenvalue weighted by molar-refractivity contribution is 0.0951. The average molecular weight is 277 g/mol. The largest absolute Gasteiger partial charge is 0.372 e. The van der Waals surface area contributed by atoms with Gasteiger partial charge < -0.3 is 10.6 Å². The SMILES string of the molecule is CNc1ncccc1C(=O)NCc1cc(F)ccc1F. The summed E-state index contributed by atoms with van der Waals surface area (Å²) in [7, 11) is 1.64. The Bertz CT molecular complexity index is 632. The van der Waals surface area contributed by atoms with E-state index in [4.69, 9.17) is 0 Å². The Morgan fingerprint density at radius 2 is 2.10 bits per heavy atom. The highest BCUT2D eigenvalue weighted by atomic mass is 19.1. The second-order valence-corrected chi connectivity index (χ2v) is 4.07. The molecule has 0 saturated carbocycles. The Labute approximate surface area is 114 Å². The molecule has 6 heteroatoms. The number of anilines is 1. The van der Waals surface area contributed by atoms with Crippen LogP contribution in [0.25, 0.3) is 0 Å². The predicted octanol–water partition coefficient (Wildman–Crippen LogP) is 2.33. The maximum atomic E-state index is 13.4. The molecule has 2 N–H and O–H groups in total. The van der Waals surface area contributed by atoms with Gasteiger partial charge in [0.05, 0.1) is 5.56 Å². The summed E-state index contributed by atoms with van der Waals surface area (Å²) < 4.78 is 26.4. The average Bonchev–Trinajstić information content (AvgIpc) is 2.47. The van der Waals surface area contributed by atoms with Gasteiger partial charge in [-0.3, -0.25) is 4.79 Å². The van der Waals surface area contributed by atoms with Crippen LogP contribution in [0.3, 0.4) is 0 Å². The van der Waals surface area contributed by atoms with E-state index < -0.39 is 17.5 Å². The first-order chi connectivity index (χ1) is 9.61. The van der Waals surface area contributed by atoms with Gasteiger partial charge in [-0.1, -0.05) is 0 Å². The molecular formula is C14H13F2N3O. The van der Waals surface area contributed by atoms with Crippen LogP contribution in [-0.2, 0) is 6.54 Å². The molecule has 2 rings (SSSR count). The van der Waals surface area contributed by atoms with Crippen molar-refractivity contribution in [1.29, 1.82) is 0 Å². The first kappa shape index (κ1) is 13.9. The zero-order valence-corrected chi connectivity index (χ0v) is 10.8. The van der Waals surface area contributed by atoms with Crippen LogP contribution in [0, 0.1) is 11.6 Å². The van der Waals surface area contributed by atoms with Crippen LogP contribution in [0.1, 0.15) is 15.9 Å². The van der Waals surface area contributed by atoms with E-state index in [-0.39, 0.29) is 12.1 Å². The maximum Gasteiger partial charge on any atom is 0.255 e. The Kier molecular flexibility index (Phi) is 4.24. The predicted molar refractivity (Wildman–Crippen MR) is 71.3 cm³/mol. The molecule has 1 amide bonds. The van der Waals surface area contributed by atoms with E-state index in [0.717, 1.165) is 18.2 Å². The molecule has 0 spiro atoms. The van der Waals surface area contributed by atoms with E-state index >= 15 is 0 Å². The van der Waals surface area contributed by atoms with Gasteiger partial charge in [-0.25, -0.2) is 13.8 Å². The molecule has 0 unspecified atom stereocenters. The van der Waals surface area contributed by atoms with Gasteiger partial charge in [0.15, 0.2) is 0 Å². The summed E-state index contributed by atoms with van der Waals surface area (Å²) in [5, 5.41) is 5.32. The summed E-state index contributed by atoms with van der Waals surface area (Å²) in [5.74, 6) is -1.10. The van der Waals surface area contributed by atoms with Gasteiger partial charge in [-0.2, -0.15) is 0 Å². The zero-order valence-electron chi connectivity index (χ0n) is 10.8. The molecule has 20 heavy (non-hydrogen) atoms. The van der Waals surface area contributed by atoms with E-state index in [2.05, 4.69) is 15.6 Å². The number of rotatable bonds is 4. The van der Waals surface area contributed by atoms with Gasteiger partial charge in [-0.15, -0.1) is 0 Å². The zero-order chi connectivity index (χ0) is 14.5. The maximum absolute atomic E-state index is 13.4. The molecule has 4 nitrogen and oxygen atoms in total. The van der Waals surface area contributed by atoms with Gasteiger partial charge in [0.2, 0.25) is 0 Å². The molecule has 0 aliphatic carbocycles. The van der Waals surface area contributed by atoms with Crippen molar-refractivity contribution in [2.45, 2.75) is 6.54 Å². The number of nitrogens with zero attached hydrogens (tertiary/aromatic N) is 1. The van der Waals surface area contributed by atoms with Crippen LogP contribution < -0.4 is 10.6 Å². The summed E-state index contributed by atoms with van der Waals surface area (Å²) >= 11 is 0. The molecule has 0 radical (unpaired) electrons. The van der Waals surface area contributed by atoms with Crippen LogP contribution >= 0.6 is 0 Å². The minimum Gasteiger partial charge on any atom is -0.372 e. The molecule has 104 valence electrons. The third-order valence-electron chi connectivity index (χ3n) is 2.74. The van der Waals surface area contributed by atoms with Crippen molar-refractivity contribution < 1.29 is 13.6 Å². The molecule has 1 aromatic carbocycles. The number of pyridine rings is 1. The van der Waals surface area contributed by atoms with Crippen molar-refractivity contribution in [3.8, 4) is 0 Å². The summed E-state index contributed by atoms with van der Waals surface area (Å²) in [6.07, 6.45) is 1.55. The van der Waals surface area contributed by atoms with Crippen LogP contribution in [0.5, 0.6) is 0 Å². The van der Waals surface area contributed by atoms with E-state index in [1.807, 2.05) is 0 Å². The number of hydrogen-bond acceptors (Lipinski definition) is 3. The van der Waals surface area contributed by atoms with Crippen LogP contribution in [-0.4, -0.2) is 17.9 Å². The molecule has 0 aliphatic rings. The van der Waals surface area contributed by atoms with Crippen molar-refractivity contribution in [3.63, 3.8) is 0 Å². The van der Waals surface area contributed by atoms with E-state index in [1.54, 1.807) is 25.4 Å². The number of hydrogen-bond donors (Lipinski definition) is 2. The van der Waals surface area contributed by atoms with Crippen LogP contribution in [0.4, 0.5) is 14.6 Å². The van der Waals surface area contributed by atoms with Gasteiger partial charge in [0.25, 0.3) is 5.91 Å². The fourth-order valence-electron chi connectivity index (χ4n) is 1.74. The molecular weight excluding hydrogens is 264 g/mol. The van der Waals surface area contributed by atoms with Crippen molar-refractivity contribution in [1.82, 2.24) is 10.3 Å². The smallest absolute Gasteiger partial charge is 0.255 e. The normalized spacial score (nSPS) is 10.2. The Morgan fingerprint density at radius 1 is 1.30 bits per heavy atom. The highest BCUT2D eigenvalue weighted by molar-refractivity contribution is 5.98. The number of amides is 1. The summed E-state index contributed by atoms with van der Waals surface area (Å²) in [6, 6.07) is 6.33. The van der Waals surface area contributed by atoms with Crippen molar-refractivity contribution in [2.75, 3.05) is 12.4 Å². The summed E-state index contributed by atoms with van der Waals surface area (Å²) in [4.78, 5) is 16.0. The van der Waals surface area contributed by atoms with Gasteiger partial charge in [0, 0.05) is 25.4 Å². The van der Waals surface area contributed by atoms with Gasteiger partial charge in [0.1, 0.15) is 17.5 Å². The summed E-state index contributed by atoms with van der Waals surface area (Å²) in [5.41, 5.74) is 0.431. The third kappa shape index (κ3) is 3.09. The molecule has 0 aliphatic heterocycles. The first-order valence-corrected chi connectivity index (χ1v) is 5.96. The third-order valence-corrected chi connectivity index (χ3v) is 2.74. The molecule has 1 heterocycles. The fourth-order valence-corrected chi connectivity index (χ4v) is 1.74. The molecule has 0 fully saturated rings. The van der Waals surface area contributed by atoms with E-state index in [9.17, 15) is 13.6 Å². The lowest BCUT2D eigenvalue weighted by Gasteiger charge is -2.09. The monoisotopic (exact) mass is 277 g/mol. The number of carbonyl (C=O) groups is 1. The molecule has 0 bridgehead atoms. The van der Waals surface area contributed by atoms with Gasteiger partial charge >= 0.3 is 0 Å². The molecule has 0 atom stereocenters. The fraction of sp³-hybridized carbons (Fsp3) is 0.143. The minimum atomic E-state index is -0.563. The lowest BCUT2D eigenvalue weighted by atomic mass is 10.2.